The Morgan fingerprint density at radius 3 is 2.42 bits per heavy atom. The lowest BCUT2D eigenvalue weighted by Crippen LogP contribution is -2.23. The highest BCUT2D eigenvalue weighted by Crippen LogP contribution is 2.24. The Hall–Kier alpha value is -1.88. The number of ketones is 1. The van der Waals surface area contributed by atoms with Crippen molar-refractivity contribution in [1.29, 1.82) is 0 Å². The average Bonchev–Trinajstić information content (AvgIpc) is 2.25. The number of aliphatic hydroxyl groups is 1. The summed E-state index contributed by atoms with van der Waals surface area (Å²) in [4.78, 5) is 22.8. The molecule has 0 unspecified atom stereocenters. The number of carboxylic acid groups (broad SMARTS) is 1. The Bertz CT molecular complexity index is 485. The Balaban J connectivity index is 3.08. The molecule has 0 atom stereocenters. The lowest BCUT2D eigenvalue weighted by atomic mass is 9.95. The third kappa shape index (κ3) is 4.71. The fourth-order valence-electron chi connectivity index (χ4n) is 1.75. The van der Waals surface area contributed by atoms with Crippen molar-refractivity contribution in [2.75, 3.05) is 7.11 Å². The number of carbonyl (C=O) groups is 2. The SMILES string of the molecule is COc1ccc(CC(=O)O)cc1C(=O)CC(C)(C)O. The molecule has 0 amide bonds. The molecule has 0 aromatic heterocycles. The number of carbonyl (C=O) groups excluding carboxylic acids is 1. The first-order valence-corrected chi connectivity index (χ1v) is 5.87. The van der Waals surface area contributed by atoms with E-state index in [9.17, 15) is 14.7 Å². The standard InChI is InChI=1S/C14H18O5/c1-14(2,18)8-11(15)10-6-9(7-13(16)17)4-5-12(10)19-3/h4-6,18H,7-8H2,1-3H3,(H,16,17). The number of rotatable bonds is 6. The number of hydrogen-bond acceptors (Lipinski definition) is 4. The molecule has 5 nitrogen and oxygen atoms in total. The minimum atomic E-state index is -1.12. The Labute approximate surface area is 111 Å². The van der Waals surface area contributed by atoms with E-state index in [1.165, 1.54) is 13.2 Å². The summed E-state index contributed by atoms with van der Waals surface area (Å²) in [7, 11) is 1.44. The molecule has 104 valence electrons. The van der Waals surface area contributed by atoms with Crippen molar-refractivity contribution in [2.24, 2.45) is 0 Å². The molecule has 19 heavy (non-hydrogen) atoms. The van der Waals surface area contributed by atoms with E-state index < -0.39 is 11.6 Å². The first-order valence-electron chi connectivity index (χ1n) is 5.87. The maximum absolute atomic E-state index is 12.1. The molecule has 0 aliphatic heterocycles. The van der Waals surface area contributed by atoms with Crippen LogP contribution in [0.15, 0.2) is 18.2 Å². The van der Waals surface area contributed by atoms with Crippen LogP contribution in [0, 0.1) is 0 Å². The number of carboxylic acids is 1. The van der Waals surface area contributed by atoms with Crippen molar-refractivity contribution in [1.82, 2.24) is 0 Å². The van der Waals surface area contributed by atoms with Crippen LogP contribution in [-0.4, -0.2) is 34.7 Å². The van der Waals surface area contributed by atoms with Gasteiger partial charge in [0.2, 0.25) is 0 Å². The van der Waals surface area contributed by atoms with E-state index in [0.29, 0.717) is 16.9 Å². The number of ether oxygens (including phenoxy) is 1. The van der Waals surface area contributed by atoms with Gasteiger partial charge in [-0.1, -0.05) is 6.07 Å². The second-order valence-electron chi connectivity index (χ2n) is 5.02. The zero-order chi connectivity index (χ0) is 14.6. The van der Waals surface area contributed by atoms with Gasteiger partial charge in [-0.2, -0.15) is 0 Å². The van der Waals surface area contributed by atoms with E-state index in [2.05, 4.69) is 0 Å². The van der Waals surface area contributed by atoms with Crippen LogP contribution in [0.5, 0.6) is 5.75 Å². The van der Waals surface area contributed by atoms with E-state index in [-0.39, 0.29) is 18.6 Å². The van der Waals surface area contributed by atoms with Crippen molar-refractivity contribution in [2.45, 2.75) is 32.3 Å². The van der Waals surface area contributed by atoms with Crippen LogP contribution < -0.4 is 4.74 Å². The van der Waals surface area contributed by atoms with Gasteiger partial charge in [0.15, 0.2) is 5.78 Å². The van der Waals surface area contributed by atoms with Gasteiger partial charge in [-0.15, -0.1) is 0 Å². The van der Waals surface area contributed by atoms with Crippen LogP contribution in [0.2, 0.25) is 0 Å². The van der Waals surface area contributed by atoms with Crippen LogP contribution in [0.25, 0.3) is 0 Å². The molecule has 1 rings (SSSR count). The molecule has 0 aliphatic rings. The predicted octanol–water partition coefficient (Wildman–Crippen LogP) is 1.67. The number of aliphatic carboxylic acids is 1. The third-order valence-electron chi connectivity index (χ3n) is 2.51. The molecule has 0 saturated carbocycles. The minimum Gasteiger partial charge on any atom is -0.496 e. The van der Waals surface area contributed by atoms with E-state index in [0.717, 1.165) is 0 Å². The molecule has 0 spiro atoms. The summed E-state index contributed by atoms with van der Waals surface area (Å²) in [5, 5.41) is 18.4. The van der Waals surface area contributed by atoms with Gasteiger partial charge in [-0.25, -0.2) is 0 Å². The molecular weight excluding hydrogens is 248 g/mol. The highest BCUT2D eigenvalue weighted by atomic mass is 16.5. The normalized spacial score (nSPS) is 11.2. The molecule has 5 heteroatoms. The average molecular weight is 266 g/mol. The lowest BCUT2D eigenvalue weighted by Gasteiger charge is -2.17. The van der Waals surface area contributed by atoms with Crippen LogP contribution in [0.1, 0.15) is 36.2 Å². The van der Waals surface area contributed by atoms with E-state index in [4.69, 9.17) is 9.84 Å². The molecule has 0 saturated heterocycles. The van der Waals surface area contributed by atoms with Crippen LogP contribution in [0.3, 0.4) is 0 Å². The summed E-state index contributed by atoms with van der Waals surface area (Å²) in [5.41, 5.74) is -0.305. The first-order chi connectivity index (χ1) is 8.73. The molecule has 0 bridgehead atoms. The van der Waals surface area contributed by atoms with E-state index in [1.807, 2.05) is 0 Å². The third-order valence-corrected chi connectivity index (χ3v) is 2.51. The van der Waals surface area contributed by atoms with Gasteiger partial charge < -0.3 is 14.9 Å². The molecule has 2 N–H and O–H groups in total. The summed E-state index contributed by atoms with van der Waals surface area (Å²) in [6, 6.07) is 4.67. The van der Waals surface area contributed by atoms with Gasteiger partial charge in [-0.05, 0) is 31.5 Å². The summed E-state index contributed by atoms with van der Waals surface area (Å²) in [6.45, 7) is 3.08. The van der Waals surface area contributed by atoms with Gasteiger partial charge >= 0.3 is 5.97 Å². The van der Waals surface area contributed by atoms with Crippen molar-refractivity contribution < 1.29 is 24.5 Å². The zero-order valence-electron chi connectivity index (χ0n) is 11.3. The number of benzene rings is 1. The van der Waals surface area contributed by atoms with Crippen molar-refractivity contribution in [3.05, 3.63) is 29.3 Å². The topological polar surface area (TPSA) is 83.8 Å². The molecular formula is C14H18O5. The molecule has 0 fully saturated rings. The lowest BCUT2D eigenvalue weighted by molar-refractivity contribution is -0.136. The monoisotopic (exact) mass is 266 g/mol. The van der Waals surface area contributed by atoms with Crippen LogP contribution in [0.4, 0.5) is 0 Å². The second-order valence-corrected chi connectivity index (χ2v) is 5.02. The fraction of sp³-hybridized carbons (Fsp3) is 0.429. The van der Waals surface area contributed by atoms with E-state index >= 15 is 0 Å². The maximum Gasteiger partial charge on any atom is 0.307 e. The van der Waals surface area contributed by atoms with Gasteiger partial charge in [0, 0.05) is 6.42 Å². The Morgan fingerprint density at radius 1 is 1.32 bits per heavy atom. The molecule has 1 aromatic rings. The largest absolute Gasteiger partial charge is 0.496 e. The number of methoxy groups -OCH3 is 1. The number of hydrogen-bond donors (Lipinski definition) is 2. The van der Waals surface area contributed by atoms with Gasteiger partial charge in [-0.3, -0.25) is 9.59 Å². The maximum atomic E-state index is 12.1. The van der Waals surface area contributed by atoms with Crippen molar-refractivity contribution in [3.8, 4) is 5.75 Å². The molecule has 0 aliphatic carbocycles. The van der Waals surface area contributed by atoms with E-state index in [1.54, 1.807) is 26.0 Å². The summed E-state index contributed by atoms with van der Waals surface area (Å²) in [6.07, 6.45) is -0.216. The van der Waals surface area contributed by atoms with Crippen LogP contribution >= 0.6 is 0 Å². The first kappa shape index (κ1) is 15.2. The summed E-state index contributed by atoms with van der Waals surface area (Å²) >= 11 is 0. The summed E-state index contributed by atoms with van der Waals surface area (Å²) < 4.78 is 5.09. The zero-order valence-corrected chi connectivity index (χ0v) is 11.3. The molecule has 0 heterocycles. The Kier molecular flexibility index (Phi) is 4.67. The highest BCUT2D eigenvalue weighted by Gasteiger charge is 2.22. The van der Waals surface area contributed by atoms with Crippen molar-refractivity contribution >= 4 is 11.8 Å². The summed E-state index contributed by atoms with van der Waals surface area (Å²) in [5.74, 6) is -0.869. The smallest absolute Gasteiger partial charge is 0.307 e. The highest BCUT2D eigenvalue weighted by molar-refractivity contribution is 5.99. The molecule has 0 radical (unpaired) electrons. The Morgan fingerprint density at radius 2 is 1.95 bits per heavy atom. The fourth-order valence-corrected chi connectivity index (χ4v) is 1.75. The molecule has 1 aromatic carbocycles. The second kappa shape index (κ2) is 5.84. The quantitative estimate of drug-likeness (QED) is 0.765. The van der Waals surface area contributed by atoms with Gasteiger partial charge in [0.25, 0.3) is 0 Å². The van der Waals surface area contributed by atoms with Gasteiger partial charge in [0.1, 0.15) is 5.75 Å². The van der Waals surface area contributed by atoms with Gasteiger partial charge in [0.05, 0.1) is 24.7 Å². The van der Waals surface area contributed by atoms with Crippen LogP contribution in [-0.2, 0) is 11.2 Å². The predicted molar refractivity (Wildman–Crippen MR) is 69.6 cm³/mol. The van der Waals surface area contributed by atoms with Crippen molar-refractivity contribution in [3.63, 3.8) is 0 Å². The number of Topliss-reactive ketones (excluding diaryl/α,β-unsaturated/α-hetero) is 1. The minimum absolute atomic E-state index is 0.0557.